The van der Waals surface area contributed by atoms with Crippen molar-refractivity contribution in [2.75, 3.05) is 33.4 Å². The van der Waals surface area contributed by atoms with Gasteiger partial charge in [0, 0.05) is 26.7 Å². The standard InChI is InChI=1S/C17H28FN3O/c1-14(2)9-12-22-13-11-21-17(19-3)20-10-8-15-4-6-16(18)7-5-15/h4-7,14H,8-13H2,1-3H3,(H2,19,20,21). The van der Waals surface area contributed by atoms with Crippen LogP contribution in [0.15, 0.2) is 29.3 Å². The highest BCUT2D eigenvalue weighted by molar-refractivity contribution is 5.79. The Kier molecular flexibility index (Phi) is 9.23. The molecule has 0 atom stereocenters. The van der Waals surface area contributed by atoms with Crippen LogP contribution in [0.2, 0.25) is 0 Å². The molecule has 4 nitrogen and oxygen atoms in total. The van der Waals surface area contributed by atoms with E-state index in [0.717, 1.165) is 44.1 Å². The Morgan fingerprint density at radius 2 is 1.82 bits per heavy atom. The van der Waals surface area contributed by atoms with Gasteiger partial charge in [0.05, 0.1) is 6.61 Å². The molecule has 0 saturated heterocycles. The zero-order valence-corrected chi connectivity index (χ0v) is 13.9. The van der Waals surface area contributed by atoms with Crippen LogP contribution in [0.25, 0.3) is 0 Å². The number of rotatable bonds is 9. The highest BCUT2D eigenvalue weighted by Crippen LogP contribution is 2.02. The molecule has 0 aromatic heterocycles. The second-order valence-electron chi connectivity index (χ2n) is 5.60. The number of hydrogen-bond donors (Lipinski definition) is 2. The van der Waals surface area contributed by atoms with E-state index >= 15 is 0 Å². The minimum atomic E-state index is -0.202. The van der Waals surface area contributed by atoms with Crippen molar-refractivity contribution in [3.63, 3.8) is 0 Å². The molecule has 0 aliphatic carbocycles. The maximum Gasteiger partial charge on any atom is 0.191 e. The summed E-state index contributed by atoms with van der Waals surface area (Å²) in [6.07, 6.45) is 1.91. The van der Waals surface area contributed by atoms with Gasteiger partial charge in [-0.1, -0.05) is 26.0 Å². The summed E-state index contributed by atoms with van der Waals surface area (Å²) in [7, 11) is 1.74. The number of halogens is 1. The molecule has 0 bridgehead atoms. The number of nitrogens with zero attached hydrogens (tertiary/aromatic N) is 1. The summed E-state index contributed by atoms with van der Waals surface area (Å²) in [5.74, 6) is 1.23. The van der Waals surface area contributed by atoms with Crippen LogP contribution in [0, 0.1) is 11.7 Å². The predicted molar refractivity (Wildman–Crippen MR) is 89.7 cm³/mol. The van der Waals surface area contributed by atoms with Crippen LogP contribution in [-0.4, -0.2) is 39.3 Å². The van der Waals surface area contributed by atoms with E-state index in [1.54, 1.807) is 19.2 Å². The number of hydrogen-bond acceptors (Lipinski definition) is 2. The molecule has 0 amide bonds. The minimum absolute atomic E-state index is 0.202. The van der Waals surface area contributed by atoms with Crippen molar-refractivity contribution in [2.45, 2.75) is 26.7 Å². The van der Waals surface area contributed by atoms with Crippen LogP contribution in [-0.2, 0) is 11.2 Å². The number of ether oxygens (including phenoxy) is 1. The number of guanidine groups is 1. The van der Waals surface area contributed by atoms with Gasteiger partial charge in [-0.3, -0.25) is 4.99 Å². The molecule has 1 aromatic carbocycles. The lowest BCUT2D eigenvalue weighted by atomic mass is 10.1. The molecular formula is C17H28FN3O. The lowest BCUT2D eigenvalue weighted by Crippen LogP contribution is -2.39. The van der Waals surface area contributed by atoms with Crippen molar-refractivity contribution >= 4 is 5.96 Å². The third-order valence-corrected chi connectivity index (χ3v) is 3.22. The van der Waals surface area contributed by atoms with Crippen molar-refractivity contribution in [1.82, 2.24) is 10.6 Å². The second kappa shape index (κ2) is 11.0. The number of aliphatic imine (C=N–C) groups is 1. The molecule has 2 N–H and O–H groups in total. The fraction of sp³-hybridized carbons (Fsp3) is 0.588. The summed E-state index contributed by atoms with van der Waals surface area (Å²) in [6.45, 7) is 7.33. The van der Waals surface area contributed by atoms with Gasteiger partial charge in [0.1, 0.15) is 5.82 Å². The summed E-state index contributed by atoms with van der Waals surface area (Å²) in [6, 6.07) is 6.57. The van der Waals surface area contributed by atoms with Gasteiger partial charge < -0.3 is 15.4 Å². The predicted octanol–water partition coefficient (Wildman–Crippen LogP) is 2.60. The number of nitrogens with one attached hydrogen (secondary N) is 2. The van der Waals surface area contributed by atoms with E-state index in [0.29, 0.717) is 12.5 Å². The lowest BCUT2D eigenvalue weighted by Gasteiger charge is -2.12. The van der Waals surface area contributed by atoms with E-state index in [4.69, 9.17) is 4.74 Å². The average molecular weight is 309 g/mol. The normalized spacial score (nSPS) is 11.8. The first-order chi connectivity index (χ1) is 10.6. The fourth-order valence-electron chi connectivity index (χ4n) is 1.86. The van der Waals surface area contributed by atoms with Crippen molar-refractivity contribution < 1.29 is 9.13 Å². The van der Waals surface area contributed by atoms with Gasteiger partial charge in [-0.2, -0.15) is 0 Å². The van der Waals surface area contributed by atoms with E-state index in [9.17, 15) is 4.39 Å². The quantitative estimate of drug-likeness (QED) is 0.419. The van der Waals surface area contributed by atoms with Crippen molar-refractivity contribution in [2.24, 2.45) is 10.9 Å². The van der Waals surface area contributed by atoms with Gasteiger partial charge in [0.2, 0.25) is 0 Å². The molecule has 0 spiro atoms. The van der Waals surface area contributed by atoms with Crippen molar-refractivity contribution in [1.29, 1.82) is 0 Å². The van der Waals surface area contributed by atoms with E-state index in [1.807, 2.05) is 0 Å². The molecule has 0 unspecified atom stereocenters. The molecule has 0 aliphatic rings. The summed E-state index contributed by atoms with van der Waals surface area (Å²) in [5.41, 5.74) is 1.10. The summed E-state index contributed by atoms with van der Waals surface area (Å²) in [5, 5.41) is 6.44. The molecule has 1 aromatic rings. The molecule has 1 rings (SSSR count). The largest absolute Gasteiger partial charge is 0.380 e. The van der Waals surface area contributed by atoms with E-state index in [-0.39, 0.29) is 5.82 Å². The highest BCUT2D eigenvalue weighted by Gasteiger charge is 1.99. The number of benzene rings is 1. The summed E-state index contributed by atoms with van der Waals surface area (Å²) >= 11 is 0. The molecule has 0 saturated carbocycles. The first-order valence-corrected chi connectivity index (χ1v) is 7.88. The van der Waals surface area contributed by atoms with Gasteiger partial charge in [0.25, 0.3) is 0 Å². The Balaban J connectivity index is 2.11. The first kappa shape index (κ1) is 18.4. The van der Waals surface area contributed by atoms with Gasteiger partial charge in [-0.25, -0.2) is 4.39 Å². The molecule has 0 heterocycles. The molecule has 5 heteroatoms. The smallest absolute Gasteiger partial charge is 0.191 e. The Morgan fingerprint density at radius 3 is 2.45 bits per heavy atom. The summed E-state index contributed by atoms with van der Waals surface area (Å²) < 4.78 is 18.4. The summed E-state index contributed by atoms with van der Waals surface area (Å²) in [4.78, 5) is 4.16. The molecule has 0 fully saturated rings. The lowest BCUT2D eigenvalue weighted by molar-refractivity contribution is 0.128. The van der Waals surface area contributed by atoms with Crippen molar-refractivity contribution in [3.05, 3.63) is 35.6 Å². The Morgan fingerprint density at radius 1 is 1.14 bits per heavy atom. The maximum absolute atomic E-state index is 12.8. The molecular weight excluding hydrogens is 281 g/mol. The zero-order chi connectivity index (χ0) is 16.2. The van der Waals surface area contributed by atoms with Crippen LogP contribution in [0.4, 0.5) is 4.39 Å². The molecule has 0 aliphatic heterocycles. The van der Waals surface area contributed by atoms with E-state index in [2.05, 4.69) is 29.5 Å². The molecule has 124 valence electrons. The third kappa shape index (κ3) is 8.62. The van der Waals surface area contributed by atoms with Crippen LogP contribution in [0.1, 0.15) is 25.8 Å². The second-order valence-corrected chi connectivity index (χ2v) is 5.60. The zero-order valence-electron chi connectivity index (χ0n) is 13.9. The fourth-order valence-corrected chi connectivity index (χ4v) is 1.86. The Labute approximate surface area is 133 Å². The monoisotopic (exact) mass is 309 g/mol. The van der Waals surface area contributed by atoms with Gasteiger partial charge in [-0.05, 0) is 36.5 Å². The molecule has 0 radical (unpaired) electrons. The highest BCUT2D eigenvalue weighted by atomic mass is 19.1. The van der Waals surface area contributed by atoms with Crippen molar-refractivity contribution in [3.8, 4) is 0 Å². The molecule has 22 heavy (non-hydrogen) atoms. The average Bonchev–Trinajstić information content (AvgIpc) is 2.50. The van der Waals surface area contributed by atoms with Crippen LogP contribution in [0.3, 0.4) is 0 Å². The van der Waals surface area contributed by atoms with E-state index < -0.39 is 0 Å². The minimum Gasteiger partial charge on any atom is -0.380 e. The van der Waals surface area contributed by atoms with Gasteiger partial charge in [-0.15, -0.1) is 0 Å². The first-order valence-electron chi connectivity index (χ1n) is 7.88. The van der Waals surface area contributed by atoms with Crippen LogP contribution < -0.4 is 10.6 Å². The third-order valence-electron chi connectivity index (χ3n) is 3.22. The van der Waals surface area contributed by atoms with Gasteiger partial charge >= 0.3 is 0 Å². The maximum atomic E-state index is 12.8. The van der Waals surface area contributed by atoms with Crippen LogP contribution in [0.5, 0.6) is 0 Å². The SMILES string of the molecule is CN=C(NCCOCCC(C)C)NCCc1ccc(F)cc1. The van der Waals surface area contributed by atoms with Crippen LogP contribution >= 0.6 is 0 Å². The Hall–Kier alpha value is -1.62. The van der Waals surface area contributed by atoms with Gasteiger partial charge in [0.15, 0.2) is 5.96 Å². The Bertz CT molecular complexity index is 432. The topological polar surface area (TPSA) is 45.7 Å². The van der Waals surface area contributed by atoms with E-state index in [1.165, 1.54) is 12.1 Å².